The van der Waals surface area contributed by atoms with Crippen LogP contribution in [0.3, 0.4) is 0 Å². The van der Waals surface area contributed by atoms with E-state index in [1.165, 1.54) is 63.8 Å². The molecule has 0 aliphatic heterocycles. The monoisotopic (exact) mass is 651 g/mol. The second kappa shape index (κ2) is 15.1. The smallest absolute Gasteiger partial charge is 0.240 e. The van der Waals surface area contributed by atoms with Crippen LogP contribution in [-0.2, 0) is 10.0 Å². The number of nitrogens with one attached hydrogen (secondary N) is 3. The molecule has 4 aromatic rings. The molecule has 1 heterocycles. The zero-order valence-electron chi connectivity index (χ0n) is 25.9. The zero-order chi connectivity index (χ0) is 33.3. The van der Waals surface area contributed by atoms with Crippen molar-refractivity contribution in [1.82, 2.24) is 19.7 Å². The predicted octanol–water partition coefficient (Wildman–Crippen LogP) is 4.13. The summed E-state index contributed by atoms with van der Waals surface area (Å²) in [5.41, 5.74) is 1.54. The Balaban J connectivity index is 1.35. The molecular formula is C31H34FN7O6S. The van der Waals surface area contributed by atoms with E-state index in [9.17, 15) is 17.6 Å². The summed E-state index contributed by atoms with van der Waals surface area (Å²) in [6.45, 7) is 0.179. The normalized spacial score (nSPS) is 11.3. The number of carbonyl (C=O) groups is 1. The summed E-state index contributed by atoms with van der Waals surface area (Å²) in [5.74, 6) is 1.43. The van der Waals surface area contributed by atoms with Gasteiger partial charge in [0.15, 0.2) is 17.3 Å². The van der Waals surface area contributed by atoms with E-state index >= 15 is 0 Å². The third-order valence-corrected chi connectivity index (χ3v) is 7.86. The maximum atomic E-state index is 13.3. The Morgan fingerprint density at radius 2 is 1.50 bits per heavy atom. The highest BCUT2D eigenvalue weighted by atomic mass is 32.2. The average molecular weight is 652 g/mol. The van der Waals surface area contributed by atoms with Crippen molar-refractivity contribution < 1.29 is 31.8 Å². The van der Waals surface area contributed by atoms with Gasteiger partial charge in [-0.2, -0.15) is 15.0 Å². The SMILES string of the molecule is COc1cc(/C=C/C(=O)c2ccc(S(=O)(=O)NCCNc3nc(Nc4ccc(F)cc4)nc(N(C)C)n3)cc2)cc(OC)c1OC. The largest absolute Gasteiger partial charge is 0.493 e. The van der Waals surface area contributed by atoms with Crippen molar-refractivity contribution in [3.8, 4) is 17.2 Å². The molecule has 0 bridgehead atoms. The van der Waals surface area contributed by atoms with Crippen LogP contribution >= 0.6 is 0 Å². The van der Waals surface area contributed by atoms with Crippen LogP contribution < -0.4 is 34.5 Å². The van der Waals surface area contributed by atoms with Crippen molar-refractivity contribution in [2.75, 3.05) is 64.0 Å². The Morgan fingerprint density at radius 1 is 0.870 bits per heavy atom. The van der Waals surface area contributed by atoms with E-state index < -0.39 is 10.0 Å². The molecular weight excluding hydrogens is 617 g/mol. The Bertz CT molecular complexity index is 1780. The van der Waals surface area contributed by atoms with Gasteiger partial charge in [-0.25, -0.2) is 17.5 Å². The number of sulfonamides is 1. The fourth-order valence-electron chi connectivity index (χ4n) is 4.07. The molecule has 3 N–H and O–H groups in total. The first-order valence-electron chi connectivity index (χ1n) is 13.8. The average Bonchev–Trinajstić information content (AvgIpc) is 3.06. The first-order chi connectivity index (χ1) is 22.0. The molecule has 0 radical (unpaired) electrons. The number of methoxy groups -OCH3 is 3. The van der Waals surface area contributed by atoms with Crippen molar-refractivity contribution in [3.63, 3.8) is 0 Å². The molecule has 0 atom stereocenters. The Morgan fingerprint density at radius 3 is 2.09 bits per heavy atom. The number of hydrogen-bond donors (Lipinski definition) is 3. The lowest BCUT2D eigenvalue weighted by Crippen LogP contribution is -2.29. The number of halogens is 1. The van der Waals surface area contributed by atoms with Gasteiger partial charge in [-0.3, -0.25) is 4.79 Å². The number of benzene rings is 3. The van der Waals surface area contributed by atoms with E-state index in [1.807, 2.05) is 0 Å². The van der Waals surface area contributed by atoms with Crippen LogP contribution in [0, 0.1) is 5.82 Å². The summed E-state index contributed by atoms with van der Waals surface area (Å²) < 4.78 is 57.5. The van der Waals surface area contributed by atoms with Crippen LogP contribution in [0.5, 0.6) is 17.2 Å². The maximum Gasteiger partial charge on any atom is 0.240 e. The topological polar surface area (TPSA) is 157 Å². The lowest BCUT2D eigenvalue weighted by molar-refractivity contribution is 0.104. The number of allylic oxidation sites excluding steroid dienone is 1. The first-order valence-corrected chi connectivity index (χ1v) is 15.3. The third-order valence-electron chi connectivity index (χ3n) is 6.39. The molecule has 1 aromatic heterocycles. The van der Waals surface area contributed by atoms with Gasteiger partial charge in [0.1, 0.15) is 5.82 Å². The minimum Gasteiger partial charge on any atom is -0.493 e. The molecule has 0 fully saturated rings. The predicted molar refractivity (Wildman–Crippen MR) is 173 cm³/mol. The van der Waals surface area contributed by atoms with Crippen molar-refractivity contribution in [2.24, 2.45) is 0 Å². The quantitative estimate of drug-likeness (QED) is 0.0961. The second-order valence-corrected chi connectivity index (χ2v) is 11.6. The Labute approximate surface area is 266 Å². The van der Waals surface area contributed by atoms with E-state index in [0.29, 0.717) is 40.0 Å². The van der Waals surface area contributed by atoms with Crippen molar-refractivity contribution in [3.05, 3.63) is 83.7 Å². The van der Waals surface area contributed by atoms with Crippen molar-refractivity contribution >= 4 is 45.4 Å². The van der Waals surface area contributed by atoms with Crippen LogP contribution in [0.25, 0.3) is 6.08 Å². The highest BCUT2D eigenvalue weighted by Crippen LogP contribution is 2.38. The van der Waals surface area contributed by atoms with Gasteiger partial charge in [0.25, 0.3) is 0 Å². The molecule has 0 spiro atoms. The van der Waals surface area contributed by atoms with Gasteiger partial charge < -0.3 is 29.7 Å². The van der Waals surface area contributed by atoms with E-state index in [-0.39, 0.29) is 41.5 Å². The molecule has 46 heavy (non-hydrogen) atoms. The van der Waals surface area contributed by atoms with Crippen LogP contribution in [0.15, 0.2) is 71.6 Å². The summed E-state index contributed by atoms with van der Waals surface area (Å²) in [5, 5.41) is 5.98. The van der Waals surface area contributed by atoms with Crippen molar-refractivity contribution in [1.29, 1.82) is 0 Å². The minimum absolute atomic E-state index is 0.00139. The first kappa shape index (κ1) is 33.6. The van der Waals surface area contributed by atoms with Gasteiger partial charge in [-0.1, -0.05) is 6.08 Å². The molecule has 15 heteroatoms. The van der Waals surface area contributed by atoms with Gasteiger partial charge in [0.05, 0.1) is 26.2 Å². The van der Waals surface area contributed by atoms with Gasteiger partial charge in [-0.15, -0.1) is 0 Å². The summed E-state index contributed by atoms with van der Waals surface area (Å²) in [6, 6.07) is 14.7. The van der Waals surface area contributed by atoms with Crippen LogP contribution in [0.4, 0.5) is 27.9 Å². The maximum absolute atomic E-state index is 13.3. The number of aromatic nitrogens is 3. The van der Waals surface area contributed by atoms with E-state index in [0.717, 1.165) is 0 Å². The second-order valence-electron chi connectivity index (χ2n) is 9.81. The van der Waals surface area contributed by atoms with E-state index in [4.69, 9.17) is 14.2 Å². The zero-order valence-corrected chi connectivity index (χ0v) is 26.7. The highest BCUT2D eigenvalue weighted by Gasteiger charge is 2.16. The van der Waals surface area contributed by atoms with Gasteiger partial charge >= 0.3 is 0 Å². The fourth-order valence-corrected chi connectivity index (χ4v) is 5.10. The third kappa shape index (κ3) is 8.67. The lowest BCUT2D eigenvalue weighted by atomic mass is 10.1. The standard InChI is InChI=1S/C31H34FN7O6S/c1-39(2)31-37-29(36-30(38-31)35-23-11-9-22(32)10-12-23)33-16-17-34-46(41,42)24-13-7-21(8-14-24)25(40)15-6-20-18-26(43-3)28(45-5)27(19-20)44-4/h6-15,18-19,34H,16-17H2,1-5H3,(H2,33,35,36,37,38)/b15-6+. The van der Waals surface area contributed by atoms with E-state index in [1.54, 1.807) is 49.3 Å². The molecule has 0 saturated heterocycles. The number of nitrogens with zero attached hydrogens (tertiary/aromatic N) is 4. The lowest BCUT2D eigenvalue weighted by Gasteiger charge is -2.14. The molecule has 4 rings (SSSR count). The number of hydrogen-bond acceptors (Lipinski definition) is 12. The number of rotatable bonds is 15. The Hall–Kier alpha value is -5.28. The fraction of sp³-hybridized carbons (Fsp3) is 0.226. The summed E-state index contributed by atoms with van der Waals surface area (Å²) in [4.78, 5) is 27.4. The van der Waals surface area contributed by atoms with Crippen LogP contribution in [0.2, 0.25) is 0 Å². The number of ether oxygens (including phenoxy) is 3. The molecule has 0 aliphatic carbocycles. The molecule has 242 valence electrons. The number of carbonyl (C=O) groups excluding carboxylic acids is 1. The molecule has 0 amide bonds. The number of anilines is 4. The summed E-state index contributed by atoms with van der Waals surface area (Å²) in [7, 11) is 4.15. The molecule has 13 nitrogen and oxygen atoms in total. The minimum atomic E-state index is -3.87. The molecule has 0 saturated carbocycles. The van der Waals surface area contributed by atoms with Crippen LogP contribution in [-0.4, -0.2) is 77.7 Å². The summed E-state index contributed by atoms with van der Waals surface area (Å²) in [6.07, 6.45) is 2.97. The number of ketones is 1. The van der Waals surface area contributed by atoms with Gasteiger partial charge in [0.2, 0.25) is 33.6 Å². The molecule has 0 aliphatic rings. The molecule has 3 aromatic carbocycles. The van der Waals surface area contributed by atoms with Gasteiger partial charge in [-0.05, 0) is 72.3 Å². The van der Waals surface area contributed by atoms with Crippen LogP contribution in [0.1, 0.15) is 15.9 Å². The van der Waals surface area contributed by atoms with E-state index in [2.05, 4.69) is 30.3 Å². The van der Waals surface area contributed by atoms with Crippen molar-refractivity contribution in [2.45, 2.75) is 4.90 Å². The summed E-state index contributed by atoms with van der Waals surface area (Å²) >= 11 is 0. The van der Waals surface area contributed by atoms with Gasteiger partial charge in [0, 0.05) is 38.4 Å². The Kier molecular flexibility index (Phi) is 11.1. The molecule has 0 unspecified atom stereocenters. The highest BCUT2D eigenvalue weighted by molar-refractivity contribution is 7.89.